The molecular formula is C19H24ClNO2. The summed E-state index contributed by atoms with van der Waals surface area (Å²) in [6, 6.07) is 15.2. The minimum Gasteiger partial charge on any atom is -0.492 e. The minimum absolute atomic E-state index is 0.533. The van der Waals surface area contributed by atoms with E-state index in [0.29, 0.717) is 18.1 Å². The zero-order chi connectivity index (χ0) is 16.9. The lowest BCUT2D eigenvalue weighted by Gasteiger charge is -2.24. The van der Waals surface area contributed by atoms with E-state index in [2.05, 4.69) is 4.90 Å². The monoisotopic (exact) mass is 333 g/mol. The van der Waals surface area contributed by atoms with Crippen LogP contribution in [0.1, 0.15) is 18.1 Å². The van der Waals surface area contributed by atoms with Gasteiger partial charge in [-0.15, -0.1) is 0 Å². The van der Waals surface area contributed by atoms with Crippen molar-refractivity contribution in [2.45, 2.75) is 18.9 Å². The highest BCUT2D eigenvalue weighted by molar-refractivity contribution is 6.30. The Morgan fingerprint density at radius 1 is 1.04 bits per heavy atom. The molecule has 23 heavy (non-hydrogen) atoms. The second-order valence-electron chi connectivity index (χ2n) is 6.25. The molecule has 1 N–H and O–H groups in total. The van der Waals surface area contributed by atoms with E-state index in [1.165, 1.54) is 0 Å². The molecule has 0 aliphatic carbocycles. The van der Waals surface area contributed by atoms with Crippen LogP contribution in [0.25, 0.3) is 0 Å². The topological polar surface area (TPSA) is 32.7 Å². The van der Waals surface area contributed by atoms with Gasteiger partial charge in [0.1, 0.15) is 12.4 Å². The van der Waals surface area contributed by atoms with Gasteiger partial charge >= 0.3 is 0 Å². The molecule has 0 heterocycles. The molecule has 124 valence electrons. The number of nitrogens with zero attached hydrogens (tertiary/aromatic N) is 1. The number of likely N-dealkylation sites (N-methyl/N-ethyl adjacent to an activating group) is 1. The zero-order valence-electron chi connectivity index (χ0n) is 13.9. The Morgan fingerprint density at radius 2 is 1.65 bits per heavy atom. The number of benzene rings is 2. The molecule has 0 fully saturated rings. The fourth-order valence-electron chi connectivity index (χ4n) is 2.36. The average Bonchev–Trinajstić information content (AvgIpc) is 2.50. The number of ether oxygens (including phenoxy) is 1. The largest absolute Gasteiger partial charge is 0.492 e. The number of halogens is 1. The summed E-state index contributed by atoms with van der Waals surface area (Å²) in [6.07, 6.45) is 0.533. The van der Waals surface area contributed by atoms with Crippen molar-refractivity contribution in [1.29, 1.82) is 0 Å². The molecule has 0 radical (unpaired) electrons. The van der Waals surface area contributed by atoms with Crippen molar-refractivity contribution in [2.24, 2.45) is 0 Å². The Morgan fingerprint density at radius 3 is 2.22 bits per heavy atom. The molecule has 2 aromatic rings. The Kier molecular flexibility index (Phi) is 6.05. The molecule has 0 saturated carbocycles. The van der Waals surface area contributed by atoms with Crippen LogP contribution in [-0.2, 0) is 12.0 Å². The molecule has 0 aromatic heterocycles. The number of hydrogen-bond acceptors (Lipinski definition) is 3. The van der Waals surface area contributed by atoms with Gasteiger partial charge in [-0.05, 0) is 56.4 Å². The van der Waals surface area contributed by atoms with Crippen LogP contribution in [0.4, 0.5) is 0 Å². The van der Waals surface area contributed by atoms with Crippen LogP contribution in [0.3, 0.4) is 0 Å². The van der Waals surface area contributed by atoms with E-state index in [1.807, 2.05) is 69.6 Å². The fraction of sp³-hybridized carbons (Fsp3) is 0.368. The van der Waals surface area contributed by atoms with E-state index in [9.17, 15) is 5.11 Å². The van der Waals surface area contributed by atoms with Gasteiger partial charge < -0.3 is 14.7 Å². The molecule has 4 heteroatoms. The van der Waals surface area contributed by atoms with Gasteiger partial charge in [-0.2, -0.15) is 0 Å². The third-order valence-electron chi connectivity index (χ3n) is 3.75. The van der Waals surface area contributed by atoms with Gasteiger partial charge in [0.2, 0.25) is 0 Å². The summed E-state index contributed by atoms with van der Waals surface area (Å²) in [4.78, 5) is 2.07. The van der Waals surface area contributed by atoms with Crippen LogP contribution >= 0.6 is 11.6 Å². The standard InChI is InChI=1S/C19H24ClNO2/c1-19(22,14-15-4-8-17(20)9-5-15)16-6-10-18(11-7-16)23-13-12-21(2)3/h4-11,22H,12-14H2,1-3H3/t19-/m0/s1. The Balaban J connectivity index is 2.00. The first-order valence-electron chi connectivity index (χ1n) is 7.72. The van der Waals surface area contributed by atoms with Gasteiger partial charge in [0.25, 0.3) is 0 Å². The van der Waals surface area contributed by atoms with Crippen LogP contribution in [0.2, 0.25) is 5.02 Å². The summed E-state index contributed by atoms with van der Waals surface area (Å²) >= 11 is 5.90. The van der Waals surface area contributed by atoms with E-state index in [-0.39, 0.29) is 0 Å². The Hall–Kier alpha value is -1.55. The molecule has 1 atom stereocenters. The molecule has 0 bridgehead atoms. The second kappa shape index (κ2) is 7.82. The lowest BCUT2D eigenvalue weighted by Crippen LogP contribution is -2.24. The van der Waals surface area contributed by atoms with E-state index < -0.39 is 5.60 Å². The van der Waals surface area contributed by atoms with E-state index >= 15 is 0 Å². The SMILES string of the molecule is CN(C)CCOc1ccc([C@@](C)(O)Cc2ccc(Cl)cc2)cc1. The number of rotatable bonds is 7. The fourth-order valence-corrected chi connectivity index (χ4v) is 2.48. The lowest BCUT2D eigenvalue weighted by molar-refractivity contribution is 0.0576. The van der Waals surface area contributed by atoms with Gasteiger partial charge in [-0.25, -0.2) is 0 Å². The maximum atomic E-state index is 10.8. The van der Waals surface area contributed by atoms with Crippen molar-refractivity contribution in [3.63, 3.8) is 0 Å². The molecule has 0 aliphatic heterocycles. The first-order valence-corrected chi connectivity index (χ1v) is 8.09. The highest BCUT2D eigenvalue weighted by atomic mass is 35.5. The molecule has 0 amide bonds. The first kappa shape index (κ1) is 17.8. The maximum absolute atomic E-state index is 10.8. The molecule has 2 rings (SSSR count). The highest BCUT2D eigenvalue weighted by Crippen LogP contribution is 2.27. The summed E-state index contributed by atoms with van der Waals surface area (Å²) in [5, 5.41) is 11.5. The molecule has 0 unspecified atom stereocenters. The van der Waals surface area contributed by atoms with Crippen molar-refractivity contribution in [3.05, 3.63) is 64.7 Å². The smallest absolute Gasteiger partial charge is 0.119 e. The van der Waals surface area contributed by atoms with Gasteiger partial charge in [0.05, 0.1) is 5.60 Å². The van der Waals surface area contributed by atoms with Crippen molar-refractivity contribution >= 4 is 11.6 Å². The van der Waals surface area contributed by atoms with Crippen LogP contribution in [0.5, 0.6) is 5.75 Å². The normalized spacial score (nSPS) is 13.8. The van der Waals surface area contributed by atoms with Crippen molar-refractivity contribution in [2.75, 3.05) is 27.2 Å². The molecular weight excluding hydrogens is 310 g/mol. The molecule has 0 aliphatic rings. The van der Waals surface area contributed by atoms with Crippen molar-refractivity contribution in [1.82, 2.24) is 4.90 Å². The van der Waals surface area contributed by atoms with Crippen LogP contribution in [0.15, 0.2) is 48.5 Å². The summed E-state index contributed by atoms with van der Waals surface area (Å²) in [6.45, 7) is 3.34. The number of aliphatic hydroxyl groups is 1. The summed E-state index contributed by atoms with van der Waals surface area (Å²) in [5.41, 5.74) is 0.980. The first-order chi connectivity index (χ1) is 10.9. The Labute approximate surface area is 143 Å². The highest BCUT2D eigenvalue weighted by Gasteiger charge is 2.23. The van der Waals surface area contributed by atoms with Gasteiger partial charge in [0, 0.05) is 18.0 Å². The Bertz CT molecular complexity index is 606. The average molecular weight is 334 g/mol. The van der Waals surface area contributed by atoms with Crippen LogP contribution in [0, 0.1) is 0 Å². The van der Waals surface area contributed by atoms with Crippen molar-refractivity contribution in [3.8, 4) is 5.75 Å². The maximum Gasteiger partial charge on any atom is 0.119 e. The molecule has 0 spiro atoms. The molecule has 2 aromatic carbocycles. The molecule has 3 nitrogen and oxygen atoms in total. The minimum atomic E-state index is -0.935. The van der Waals surface area contributed by atoms with E-state index in [1.54, 1.807) is 0 Å². The van der Waals surface area contributed by atoms with Gasteiger partial charge in [0.15, 0.2) is 0 Å². The summed E-state index contributed by atoms with van der Waals surface area (Å²) < 4.78 is 5.68. The molecule has 0 saturated heterocycles. The lowest BCUT2D eigenvalue weighted by atomic mass is 9.89. The predicted octanol–water partition coefficient (Wildman–Crippen LogP) is 3.73. The third kappa shape index (κ3) is 5.54. The van der Waals surface area contributed by atoms with E-state index in [4.69, 9.17) is 16.3 Å². The van der Waals surface area contributed by atoms with Gasteiger partial charge in [-0.3, -0.25) is 0 Å². The van der Waals surface area contributed by atoms with E-state index in [0.717, 1.165) is 23.4 Å². The van der Waals surface area contributed by atoms with Crippen LogP contribution in [-0.4, -0.2) is 37.3 Å². The number of hydrogen-bond donors (Lipinski definition) is 1. The zero-order valence-corrected chi connectivity index (χ0v) is 14.7. The quantitative estimate of drug-likeness (QED) is 0.838. The second-order valence-corrected chi connectivity index (χ2v) is 6.69. The van der Waals surface area contributed by atoms with Gasteiger partial charge in [-0.1, -0.05) is 35.9 Å². The summed E-state index contributed by atoms with van der Waals surface area (Å²) in [7, 11) is 4.03. The summed E-state index contributed by atoms with van der Waals surface area (Å²) in [5.74, 6) is 0.817. The predicted molar refractivity (Wildman–Crippen MR) is 95.2 cm³/mol. The third-order valence-corrected chi connectivity index (χ3v) is 4.00. The van der Waals surface area contributed by atoms with Crippen molar-refractivity contribution < 1.29 is 9.84 Å². The van der Waals surface area contributed by atoms with Crippen LogP contribution < -0.4 is 4.74 Å².